The van der Waals surface area contributed by atoms with Crippen molar-refractivity contribution in [3.8, 4) is 11.5 Å². The summed E-state index contributed by atoms with van der Waals surface area (Å²) >= 11 is 0. The number of sulfonamides is 1. The minimum atomic E-state index is -3.72. The van der Waals surface area contributed by atoms with Gasteiger partial charge in [-0.1, -0.05) is 17.7 Å². The van der Waals surface area contributed by atoms with Gasteiger partial charge in [0, 0.05) is 57.2 Å². The number of rotatable bonds is 6. The number of piperazine rings is 1. The number of fused-ring (bicyclic) bond motifs is 1. The average Bonchev–Trinajstić information content (AvgIpc) is 3.09. The summed E-state index contributed by atoms with van der Waals surface area (Å²) in [5.41, 5.74) is 1.55. The van der Waals surface area contributed by atoms with Crippen LogP contribution in [0.5, 0.6) is 11.5 Å². The van der Waals surface area contributed by atoms with E-state index in [1.807, 2.05) is 19.1 Å². The van der Waals surface area contributed by atoms with Crippen LogP contribution in [0, 0.1) is 6.92 Å². The Morgan fingerprint density at radius 1 is 0.971 bits per heavy atom. The van der Waals surface area contributed by atoms with Crippen molar-refractivity contribution in [3.63, 3.8) is 0 Å². The number of nitrogens with zero attached hydrogens (tertiary/aromatic N) is 2. The molecule has 10 heteroatoms. The monoisotopic (exact) mass is 487 g/mol. The molecule has 2 heterocycles. The topological polar surface area (TPSA) is 105 Å². The maximum Gasteiger partial charge on any atom is 0.251 e. The summed E-state index contributed by atoms with van der Waals surface area (Å²) in [6, 6.07) is 11.9. The van der Waals surface area contributed by atoms with Crippen molar-refractivity contribution in [2.45, 2.75) is 24.7 Å². The highest BCUT2D eigenvalue weighted by molar-refractivity contribution is 7.89. The Bertz CT molecular complexity index is 1160. The first-order chi connectivity index (χ1) is 16.3. The first-order valence-electron chi connectivity index (χ1n) is 11.4. The van der Waals surface area contributed by atoms with Crippen LogP contribution in [0.15, 0.2) is 47.4 Å². The SMILES string of the molecule is Cc1cccc(C(=O)NCCC(=O)N2CCN(S(=O)(=O)c3ccc4c(c3)OCCCO4)CC2)c1. The van der Waals surface area contributed by atoms with Crippen LogP contribution in [0.3, 0.4) is 0 Å². The van der Waals surface area contributed by atoms with Crippen molar-refractivity contribution in [2.24, 2.45) is 0 Å². The lowest BCUT2D eigenvalue weighted by Crippen LogP contribution is -2.50. The van der Waals surface area contributed by atoms with E-state index in [1.165, 1.54) is 16.4 Å². The van der Waals surface area contributed by atoms with E-state index in [4.69, 9.17) is 9.47 Å². The van der Waals surface area contributed by atoms with E-state index in [2.05, 4.69) is 5.32 Å². The molecular weight excluding hydrogens is 458 g/mol. The molecule has 1 fully saturated rings. The average molecular weight is 488 g/mol. The Balaban J connectivity index is 1.28. The second-order valence-corrected chi connectivity index (χ2v) is 10.3. The molecule has 182 valence electrons. The number of hydrogen-bond acceptors (Lipinski definition) is 6. The summed E-state index contributed by atoms with van der Waals surface area (Å²) in [5, 5.41) is 2.77. The predicted octanol–water partition coefficient (Wildman–Crippen LogP) is 1.81. The van der Waals surface area contributed by atoms with Crippen molar-refractivity contribution < 1.29 is 27.5 Å². The Hall–Kier alpha value is -3.11. The van der Waals surface area contributed by atoms with E-state index in [0.717, 1.165) is 12.0 Å². The molecule has 0 unspecified atom stereocenters. The van der Waals surface area contributed by atoms with E-state index in [1.54, 1.807) is 23.1 Å². The van der Waals surface area contributed by atoms with Crippen molar-refractivity contribution in [1.29, 1.82) is 0 Å². The van der Waals surface area contributed by atoms with Crippen LogP contribution in [-0.2, 0) is 14.8 Å². The summed E-state index contributed by atoms with van der Waals surface area (Å²) in [6.45, 7) is 4.16. The molecule has 1 N–H and O–H groups in total. The fourth-order valence-corrected chi connectivity index (χ4v) is 5.40. The second kappa shape index (κ2) is 10.4. The maximum atomic E-state index is 13.1. The molecule has 4 rings (SSSR count). The third-order valence-corrected chi connectivity index (χ3v) is 7.75. The van der Waals surface area contributed by atoms with Gasteiger partial charge in [0.25, 0.3) is 5.91 Å². The van der Waals surface area contributed by atoms with Gasteiger partial charge in [0.05, 0.1) is 18.1 Å². The largest absolute Gasteiger partial charge is 0.490 e. The molecule has 0 bridgehead atoms. The molecule has 2 aromatic carbocycles. The van der Waals surface area contributed by atoms with Gasteiger partial charge in [-0.3, -0.25) is 9.59 Å². The van der Waals surface area contributed by atoms with Crippen molar-refractivity contribution >= 4 is 21.8 Å². The van der Waals surface area contributed by atoms with Gasteiger partial charge in [-0.25, -0.2) is 8.42 Å². The van der Waals surface area contributed by atoms with Crippen LogP contribution < -0.4 is 14.8 Å². The van der Waals surface area contributed by atoms with Gasteiger partial charge in [-0.15, -0.1) is 0 Å². The zero-order valence-corrected chi connectivity index (χ0v) is 20.0. The molecule has 2 aromatic rings. The molecule has 2 aliphatic heterocycles. The van der Waals surface area contributed by atoms with E-state index < -0.39 is 10.0 Å². The van der Waals surface area contributed by atoms with Crippen molar-refractivity contribution in [1.82, 2.24) is 14.5 Å². The Morgan fingerprint density at radius 3 is 2.44 bits per heavy atom. The standard InChI is InChI=1S/C24H29N3O6S/c1-18-4-2-5-19(16-18)24(29)25-9-8-23(28)26-10-12-27(13-11-26)34(30,31)20-6-7-21-22(17-20)33-15-3-14-32-21/h2,4-7,16-17H,3,8-15H2,1H3,(H,25,29). The molecule has 2 aliphatic rings. The van der Waals surface area contributed by atoms with E-state index in [0.29, 0.717) is 43.4 Å². The summed E-state index contributed by atoms with van der Waals surface area (Å²) in [5.74, 6) is 0.640. The van der Waals surface area contributed by atoms with Gasteiger partial charge in [0.15, 0.2) is 11.5 Å². The van der Waals surface area contributed by atoms with Crippen molar-refractivity contribution in [2.75, 3.05) is 45.9 Å². The fraction of sp³-hybridized carbons (Fsp3) is 0.417. The molecule has 34 heavy (non-hydrogen) atoms. The number of benzene rings is 2. The normalized spacial score (nSPS) is 16.6. The summed E-state index contributed by atoms with van der Waals surface area (Å²) in [7, 11) is -3.72. The number of carbonyl (C=O) groups is 2. The van der Waals surface area contributed by atoms with Crippen LogP contribution in [-0.4, -0.2) is 75.4 Å². The highest BCUT2D eigenvalue weighted by Gasteiger charge is 2.31. The quantitative estimate of drug-likeness (QED) is 0.666. The number of amides is 2. The third kappa shape index (κ3) is 5.51. The van der Waals surface area contributed by atoms with E-state index in [9.17, 15) is 18.0 Å². The molecule has 0 spiro atoms. The lowest BCUT2D eigenvalue weighted by molar-refractivity contribution is -0.132. The lowest BCUT2D eigenvalue weighted by Gasteiger charge is -2.34. The first kappa shape index (κ1) is 24.0. The van der Waals surface area contributed by atoms with Gasteiger partial charge in [0.2, 0.25) is 15.9 Å². The molecule has 0 atom stereocenters. The Labute approximate surface area is 199 Å². The summed E-state index contributed by atoms with van der Waals surface area (Å²) < 4.78 is 38.8. The summed E-state index contributed by atoms with van der Waals surface area (Å²) in [6.07, 6.45) is 0.898. The number of hydrogen-bond donors (Lipinski definition) is 1. The molecule has 0 radical (unpaired) electrons. The highest BCUT2D eigenvalue weighted by atomic mass is 32.2. The molecule has 0 aliphatic carbocycles. The van der Waals surface area contributed by atoms with Crippen molar-refractivity contribution in [3.05, 3.63) is 53.6 Å². The first-order valence-corrected chi connectivity index (χ1v) is 12.8. The number of aryl methyl sites for hydroxylation is 1. The van der Waals surface area contributed by atoms with Gasteiger partial charge in [0.1, 0.15) is 0 Å². The Morgan fingerprint density at radius 2 is 1.71 bits per heavy atom. The molecule has 1 saturated heterocycles. The number of nitrogens with one attached hydrogen (secondary N) is 1. The molecule has 2 amide bonds. The number of carbonyl (C=O) groups excluding carboxylic acids is 2. The molecule has 0 aromatic heterocycles. The predicted molar refractivity (Wildman–Crippen MR) is 126 cm³/mol. The minimum Gasteiger partial charge on any atom is -0.490 e. The fourth-order valence-electron chi connectivity index (χ4n) is 3.96. The van der Waals surface area contributed by atoms with Gasteiger partial charge in [-0.05, 0) is 31.2 Å². The smallest absolute Gasteiger partial charge is 0.251 e. The van der Waals surface area contributed by atoms with Crippen LogP contribution in [0.4, 0.5) is 0 Å². The van der Waals surface area contributed by atoms with E-state index in [-0.39, 0.29) is 42.8 Å². The maximum absolute atomic E-state index is 13.1. The number of ether oxygens (including phenoxy) is 2. The van der Waals surface area contributed by atoms with Crippen LogP contribution >= 0.6 is 0 Å². The highest BCUT2D eigenvalue weighted by Crippen LogP contribution is 2.33. The third-order valence-electron chi connectivity index (χ3n) is 5.85. The second-order valence-electron chi connectivity index (χ2n) is 8.32. The molecule has 0 saturated carbocycles. The van der Waals surface area contributed by atoms with Crippen LogP contribution in [0.2, 0.25) is 0 Å². The minimum absolute atomic E-state index is 0.114. The van der Waals surface area contributed by atoms with Gasteiger partial charge in [-0.2, -0.15) is 4.31 Å². The molecule has 9 nitrogen and oxygen atoms in total. The Kier molecular flexibility index (Phi) is 7.38. The summed E-state index contributed by atoms with van der Waals surface area (Å²) in [4.78, 5) is 26.6. The zero-order chi connectivity index (χ0) is 24.1. The van der Waals surface area contributed by atoms with E-state index >= 15 is 0 Å². The van der Waals surface area contributed by atoms with Gasteiger partial charge < -0.3 is 19.7 Å². The molecular formula is C24H29N3O6S. The lowest BCUT2D eigenvalue weighted by atomic mass is 10.1. The van der Waals surface area contributed by atoms with Crippen LogP contribution in [0.1, 0.15) is 28.8 Å². The van der Waals surface area contributed by atoms with Gasteiger partial charge >= 0.3 is 0 Å². The van der Waals surface area contributed by atoms with Crippen LogP contribution in [0.25, 0.3) is 0 Å². The zero-order valence-electron chi connectivity index (χ0n) is 19.2.